The van der Waals surface area contributed by atoms with Gasteiger partial charge in [-0.05, 0) is 0 Å². The van der Waals surface area contributed by atoms with E-state index in [0.29, 0.717) is 26.4 Å². The molecule has 39 heavy (non-hydrogen) atoms. The van der Waals surface area contributed by atoms with Crippen LogP contribution in [-0.2, 0) is 34.0 Å². The first-order chi connectivity index (χ1) is 19.3. The van der Waals surface area contributed by atoms with Crippen LogP contribution in [0, 0.1) is 5.92 Å². The molecule has 0 saturated heterocycles. The van der Waals surface area contributed by atoms with Crippen LogP contribution in [-0.4, -0.2) is 45.0 Å². The third kappa shape index (κ3) is 8.12. The Morgan fingerprint density at radius 1 is 0.590 bits per heavy atom. The minimum atomic E-state index is -0.625. The van der Waals surface area contributed by atoms with Crippen molar-refractivity contribution in [2.75, 3.05) is 6.61 Å². The minimum absolute atomic E-state index is 0.0944. The zero-order valence-corrected chi connectivity index (χ0v) is 23.8. The van der Waals surface area contributed by atoms with Crippen LogP contribution in [0.4, 0.5) is 0 Å². The molecule has 202 valence electrons. The maximum absolute atomic E-state index is 11.7. The molecule has 0 aromatic heterocycles. The summed E-state index contributed by atoms with van der Waals surface area (Å²) in [6, 6.07) is 41.1. The van der Waals surface area contributed by atoms with E-state index in [4.69, 9.17) is 14.2 Å². The first kappa shape index (κ1) is 27.8. The third-order valence-electron chi connectivity index (χ3n) is 7.09. The van der Waals surface area contributed by atoms with Crippen molar-refractivity contribution in [3.8, 4) is 0 Å². The van der Waals surface area contributed by atoms with E-state index in [1.807, 2.05) is 60.7 Å². The molecule has 4 aromatic carbocycles. The van der Waals surface area contributed by atoms with Gasteiger partial charge in [-0.1, -0.05) is 0 Å². The fourth-order valence-electron chi connectivity index (χ4n) is 5.06. The summed E-state index contributed by atoms with van der Waals surface area (Å²) in [7, 11) is 0. The van der Waals surface area contributed by atoms with Crippen molar-refractivity contribution in [2.24, 2.45) is 5.92 Å². The van der Waals surface area contributed by atoms with Crippen LogP contribution >= 0.6 is 0 Å². The quantitative estimate of drug-likeness (QED) is 0.220. The molecule has 0 heterocycles. The summed E-state index contributed by atoms with van der Waals surface area (Å²) in [6.07, 6.45) is -0.540. The molecule has 1 N–H and O–H groups in total. The van der Waals surface area contributed by atoms with Crippen molar-refractivity contribution in [3.05, 3.63) is 138 Å². The maximum atomic E-state index is 11.7. The molecule has 1 saturated carbocycles. The monoisotopic (exact) mass is 588 g/mol. The summed E-state index contributed by atoms with van der Waals surface area (Å²) >= 11 is 0.0944. The Morgan fingerprint density at radius 3 is 1.59 bits per heavy atom. The van der Waals surface area contributed by atoms with Gasteiger partial charge in [0.2, 0.25) is 0 Å². The molecule has 1 fully saturated rings. The van der Waals surface area contributed by atoms with Gasteiger partial charge in [0.1, 0.15) is 0 Å². The molecule has 1 aliphatic rings. The molecule has 0 bridgehead atoms. The number of hydrogen-bond donors (Lipinski definition) is 1. The number of aliphatic hydroxyl groups excluding tert-OH is 1. The summed E-state index contributed by atoms with van der Waals surface area (Å²) in [5, 5.41) is 11.7. The van der Waals surface area contributed by atoms with E-state index >= 15 is 0 Å². The average molecular weight is 588 g/mol. The summed E-state index contributed by atoms with van der Waals surface area (Å²) in [5.74, 6) is 0.0946. The average Bonchev–Trinajstić information content (AvgIpc) is 2.99. The molecule has 5 rings (SSSR count). The summed E-state index contributed by atoms with van der Waals surface area (Å²) in [6.45, 7) is 1.99. The number of hydrogen-bond acceptors (Lipinski definition) is 4. The van der Waals surface area contributed by atoms with E-state index in [1.54, 1.807) is 0 Å². The third-order valence-corrected chi connectivity index (χ3v) is 9.85. The molecule has 4 aromatic rings. The Labute approximate surface area is 238 Å². The predicted octanol–water partition coefficient (Wildman–Crippen LogP) is 5.57. The van der Waals surface area contributed by atoms with Crippen LogP contribution in [0.25, 0.3) is 0 Å². The Bertz CT molecular complexity index is 1220. The van der Waals surface area contributed by atoms with Crippen LogP contribution in [0.3, 0.4) is 0 Å². The van der Waals surface area contributed by atoms with Gasteiger partial charge < -0.3 is 0 Å². The van der Waals surface area contributed by atoms with Crippen LogP contribution in [0.5, 0.6) is 0 Å². The summed E-state index contributed by atoms with van der Waals surface area (Å²) in [5.41, 5.74) is 3.34. The Kier molecular flexibility index (Phi) is 10.4. The number of aliphatic hydroxyl groups is 1. The van der Waals surface area contributed by atoms with Crippen LogP contribution in [0.15, 0.2) is 121 Å². The van der Waals surface area contributed by atoms with Gasteiger partial charge in [-0.3, -0.25) is 0 Å². The van der Waals surface area contributed by atoms with Gasteiger partial charge >= 0.3 is 239 Å². The van der Waals surface area contributed by atoms with Gasteiger partial charge in [0.05, 0.1) is 0 Å². The van der Waals surface area contributed by atoms with E-state index in [0.717, 1.165) is 23.1 Å². The summed E-state index contributed by atoms with van der Waals surface area (Å²) in [4.78, 5) is 0.0996. The van der Waals surface area contributed by atoms with E-state index in [1.165, 1.54) is 4.46 Å². The number of rotatable bonds is 12. The van der Waals surface area contributed by atoms with Crippen molar-refractivity contribution in [1.29, 1.82) is 0 Å². The zero-order chi connectivity index (χ0) is 26.7. The second-order valence-electron chi connectivity index (χ2n) is 9.98. The van der Waals surface area contributed by atoms with Gasteiger partial charge in [-0.25, -0.2) is 0 Å². The van der Waals surface area contributed by atoms with Crippen molar-refractivity contribution in [1.82, 2.24) is 0 Å². The van der Waals surface area contributed by atoms with Crippen molar-refractivity contribution in [2.45, 2.75) is 49.4 Å². The normalized spacial score (nSPS) is 22.9. The molecule has 0 spiro atoms. The van der Waals surface area contributed by atoms with Gasteiger partial charge in [-0.2, -0.15) is 0 Å². The number of benzene rings is 4. The molecule has 0 amide bonds. The topological polar surface area (TPSA) is 47.9 Å². The molecular weight excluding hydrogens is 551 g/mol. The second-order valence-corrected chi connectivity index (χ2v) is 12.7. The van der Waals surface area contributed by atoms with E-state index in [2.05, 4.69) is 60.7 Å². The van der Waals surface area contributed by atoms with Crippen LogP contribution in [0.2, 0.25) is 4.82 Å². The van der Waals surface area contributed by atoms with Gasteiger partial charge in [0.15, 0.2) is 0 Å². The fraction of sp³-hybridized carbons (Fsp3) is 0.294. The first-order valence-corrected chi connectivity index (χ1v) is 15.4. The molecule has 1 aliphatic carbocycles. The Balaban J connectivity index is 1.37. The molecule has 0 radical (unpaired) electrons. The zero-order valence-electron chi connectivity index (χ0n) is 22.0. The first-order valence-electron chi connectivity index (χ1n) is 13.6. The molecule has 0 unspecified atom stereocenters. The molecule has 0 aliphatic heterocycles. The van der Waals surface area contributed by atoms with Crippen molar-refractivity contribution < 1.29 is 19.3 Å². The number of ether oxygens (including phenoxy) is 3. The van der Waals surface area contributed by atoms with Crippen molar-refractivity contribution in [3.63, 3.8) is 0 Å². The van der Waals surface area contributed by atoms with E-state index in [-0.39, 0.29) is 31.8 Å². The van der Waals surface area contributed by atoms with Crippen LogP contribution < -0.4 is 4.46 Å². The van der Waals surface area contributed by atoms with E-state index in [9.17, 15) is 5.11 Å². The molecule has 4 nitrogen and oxygen atoms in total. The van der Waals surface area contributed by atoms with Gasteiger partial charge in [-0.15, -0.1) is 0 Å². The molecule has 5 atom stereocenters. The summed E-state index contributed by atoms with van der Waals surface area (Å²) < 4.78 is 20.7. The Morgan fingerprint density at radius 2 is 1.05 bits per heavy atom. The molecule has 5 heteroatoms. The van der Waals surface area contributed by atoms with Crippen molar-refractivity contribution >= 4 is 19.4 Å². The standard InChI is InChI=1S/C34H36O4Se/c35-32-31(39-30-19-11-4-12-20-30)21-29(25-36-22-26-13-5-1-6-14-26)33(37-23-27-15-7-2-8-16-27)34(32)38-24-28-17-9-3-10-18-28/h1-20,29,31-35H,21-25H2/t29-,31+,32-,33-,34-/m1/s1. The Hall–Kier alpha value is -2.76. The van der Waals surface area contributed by atoms with Gasteiger partial charge in [0, 0.05) is 0 Å². The molecular formula is C34H36O4Se. The SMILES string of the molecule is O[C@H]1[C@@H](OCc2ccccc2)[C@H](OCc2ccccc2)[C@@H](COCc2ccccc2)C[C@@H]1[Se]c1ccccc1. The predicted molar refractivity (Wildman–Crippen MR) is 156 cm³/mol. The second kappa shape index (κ2) is 14.6. The van der Waals surface area contributed by atoms with E-state index < -0.39 is 12.2 Å². The van der Waals surface area contributed by atoms with Gasteiger partial charge in [0.25, 0.3) is 0 Å². The fourth-order valence-corrected chi connectivity index (χ4v) is 7.79. The van der Waals surface area contributed by atoms with Crippen LogP contribution in [0.1, 0.15) is 23.1 Å².